The largest absolute Gasteiger partial charge is 0.457 e. The fraction of sp³-hybridized carbons (Fsp3) is 0.250. The van der Waals surface area contributed by atoms with Crippen LogP contribution >= 0.6 is 24.0 Å². The Hall–Kier alpha value is -1.63. The van der Waals surface area contributed by atoms with Crippen molar-refractivity contribution in [2.75, 3.05) is 20.3 Å². The van der Waals surface area contributed by atoms with E-state index in [2.05, 4.69) is 0 Å². The van der Waals surface area contributed by atoms with Gasteiger partial charge in [-0.25, -0.2) is 0 Å². The Labute approximate surface area is 138 Å². The number of carbonyl (C=O) groups is 1. The summed E-state index contributed by atoms with van der Waals surface area (Å²) in [5.41, 5.74) is 0.810. The van der Waals surface area contributed by atoms with E-state index in [9.17, 15) is 4.79 Å². The topological polar surface area (TPSA) is 42.7 Å². The van der Waals surface area contributed by atoms with Crippen molar-refractivity contribution < 1.29 is 13.9 Å². The lowest BCUT2D eigenvalue weighted by Gasteiger charge is -2.13. The summed E-state index contributed by atoms with van der Waals surface area (Å²) in [4.78, 5) is 14.6. The van der Waals surface area contributed by atoms with Crippen LogP contribution in [0.1, 0.15) is 12.2 Å². The van der Waals surface area contributed by atoms with Gasteiger partial charge in [-0.2, -0.15) is 0 Å². The predicted molar refractivity (Wildman–Crippen MR) is 92.6 cm³/mol. The van der Waals surface area contributed by atoms with E-state index in [0.717, 1.165) is 17.4 Å². The molecule has 6 heteroatoms. The molecule has 0 bridgehead atoms. The maximum absolute atomic E-state index is 12.4. The first-order chi connectivity index (χ1) is 10.7. The molecule has 0 atom stereocenters. The van der Waals surface area contributed by atoms with Gasteiger partial charge in [0.05, 0.1) is 4.91 Å². The van der Waals surface area contributed by atoms with Gasteiger partial charge in [-0.1, -0.05) is 42.2 Å². The normalized spacial score (nSPS) is 17.1. The minimum Gasteiger partial charge on any atom is -0.457 e. The number of para-hydroxylation sites is 1. The van der Waals surface area contributed by atoms with Crippen LogP contribution in [0.4, 0.5) is 0 Å². The van der Waals surface area contributed by atoms with Crippen LogP contribution in [0, 0.1) is 0 Å². The summed E-state index contributed by atoms with van der Waals surface area (Å²) in [5.74, 6) is 0.602. The number of fused-ring (bicyclic) bond motifs is 1. The fourth-order valence-electron chi connectivity index (χ4n) is 2.26. The number of carbonyl (C=O) groups excluding carboxylic acids is 1. The first kappa shape index (κ1) is 15.3. The van der Waals surface area contributed by atoms with E-state index in [0.29, 0.717) is 28.1 Å². The number of thiocarbonyl (C=S) groups is 1. The minimum atomic E-state index is -0.0634. The smallest absolute Gasteiger partial charge is 0.266 e. The van der Waals surface area contributed by atoms with Gasteiger partial charge in [0.1, 0.15) is 15.7 Å². The molecule has 1 aliphatic heterocycles. The number of furan rings is 1. The molecule has 1 aromatic heterocycles. The highest BCUT2D eigenvalue weighted by Gasteiger charge is 2.31. The van der Waals surface area contributed by atoms with E-state index in [1.54, 1.807) is 18.1 Å². The number of hydrogen-bond acceptors (Lipinski definition) is 5. The van der Waals surface area contributed by atoms with Crippen LogP contribution in [0.3, 0.4) is 0 Å². The molecule has 1 aromatic carbocycles. The number of benzene rings is 1. The second-order valence-electron chi connectivity index (χ2n) is 4.87. The molecule has 0 radical (unpaired) electrons. The zero-order chi connectivity index (χ0) is 15.5. The Balaban J connectivity index is 1.79. The third-order valence-corrected chi connectivity index (χ3v) is 4.70. The van der Waals surface area contributed by atoms with Crippen molar-refractivity contribution in [3.05, 3.63) is 41.0 Å². The molecule has 3 rings (SSSR count). The highest BCUT2D eigenvalue weighted by Crippen LogP contribution is 2.33. The molecular weight excluding hydrogens is 318 g/mol. The van der Waals surface area contributed by atoms with Crippen molar-refractivity contribution in [1.29, 1.82) is 0 Å². The number of thioether (sulfide) groups is 1. The zero-order valence-corrected chi connectivity index (χ0v) is 13.7. The van der Waals surface area contributed by atoms with Gasteiger partial charge in [0.2, 0.25) is 0 Å². The summed E-state index contributed by atoms with van der Waals surface area (Å²) in [5, 5.41) is 1.02. The number of methoxy groups -OCH3 is 1. The number of nitrogens with zero attached hydrogens (tertiary/aromatic N) is 1. The zero-order valence-electron chi connectivity index (χ0n) is 12.1. The van der Waals surface area contributed by atoms with E-state index in [1.807, 2.05) is 30.3 Å². The summed E-state index contributed by atoms with van der Waals surface area (Å²) >= 11 is 6.59. The first-order valence-electron chi connectivity index (χ1n) is 6.92. The Kier molecular flexibility index (Phi) is 4.61. The van der Waals surface area contributed by atoms with Gasteiger partial charge < -0.3 is 9.15 Å². The number of hydrogen-bond donors (Lipinski definition) is 0. The predicted octanol–water partition coefficient (Wildman–Crippen LogP) is 3.67. The van der Waals surface area contributed by atoms with Gasteiger partial charge in [0.25, 0.3) is 5.91 Å². The maximum Gasteiger partial charge on any atom is 0.266 e. The van der Waals surface area contributed by atoms with Gasteiger partial charge in [0, 0.05) is 31.7 Å². The van der Waals surface area contributed by atoms with Gasteiger partial charge >= 0.3 is 0 Å². The number of rotatable bonds is 5. The van der Waals surface area contributed by atoms with Crippen LogP contribution in [0.2, 0.25) is 0 Å². The minimum absolute atomic E-state index is 0.0634. The van der Waals surface area contributed by atoms with Crippen LogP contribution < -0.4 is 0 Å². The highest BCUT2D eigenvalue weighted by atomic mass is 32.2. The molecule has 22 heavy (non-hydrogen) atoms. The van der Waals surface area contributed by atoms with E-state index in [4.69, 9.17) is 21.4 Å². The fourth-order valence-corrected chi connectivity index (χ4v) is 3.55. The van der Waals surface area contributed by atoms with Crippen molar-refractivity contribution in [1.82, 2.24) is 4.90 Å². The van der Waals surface area contributed by atoms with Gasteiger partial charge in [-0.15, -0.1) is 0 Å². The molecule has 1 amide bonds. The van der Waals surface area contributed by atoms with Crippen molar-refractivity contribution >= 4 is 51.3 Å². The summed E-state index contributed by atoms with van der Waals surface area (Å²) < 4.78 is 11.3. The van der Waals surface area contributed by atoms with Crippen molar-refractivity contribution in [3.8, 4) is 0 Å². The Bertz CT molecular complexity index is 718. The molecule has 4 nitrogen and oxygen atoms in total. The molecule has 0 spiro atoms. The summed E-state index contributed by atoms with van der Waals surface area (Å²) in [7, 11) is 1.64. The summed E-state index contributed by atoms with van der Waals surface area (Å²) in [6.07, 6.45) is 2.52. The molecule has 1 fully saturated rings. The Morgan fingerprint density at radius 3 is 3.00 bits per heavy atom. The molecule has 1 aliphatic rings. The van der Waals surface area contributed by atoms with E-state index < -0.39 is 0 Å². The molecule has 2 aromatic rings. The van der Waals surface area contributed by atoms with Crippen LogP contribution in [0.5, 0.6) is 0 Å². The molecule has 0 unspecified atom stereocenters. The van der Waals surface area contributed by atoms with Crippen molar-refractivity contribution in [2.45, 2.75) is 6.42 Å². The molecule has 0 N–H and O–H groups in total. The third kappa shape index (κ3) is 3.09. The van der Waals surface area contributed by atoms with Crippen LogP contribution in [-0.4, -0.2) is 35.4 Å². The molecule has 0 aliphatic carbocycles. The lowest BCUT2D eigenvalue weighted by Crippen LogP contribution is -2.29. The monoisotopic (exact) mass is 333 g/mol. The lowest BCUT2D eigenvalue weighted by molar-refractivity contribution is -0.122. The quantitative estimate of drug-likeness (QED) is 0.474. The lowest BCUT2D eigenvalue weighted by atomic mass is 10.2. The molecule has 0 saturated carbocycles. The first-order valence-corrected chi connectivity index (χ1v) is 8.14. The van der Waals surface area contributed by atoms with Crippen LogP contribution in [0.25, 0.3) is 17.0 Å². The molecular formula is C16H15NO3S2. The SMILES string of the molecule is COCCCN1C(=O)C(=Cc2cc3ccccc3o2)SC1=S. The molecule has 2 heterocycles. The Morgan fingerprint density at radius 2 is 2.23 bits per heavy atom. The average molecular weight is 333 g/mol. The van der Waals surface area contributed by atoms with Crippen molar-refractivity contribution in [2.24, 2.45) is 0 Å². The highest BCUT2D eigenvalue weighted by molar-refractivity contribution is 8.26. The van der Waals surface area contributed by atoms with E-state index >= 15 is 0 Å². The third-order valence-electron chi connectivity index (χ3n) is 3.32. The standard InChI is InChI=1S/C16H15NO3S2/c1-19-8-4-7-17-15(18)14(22-16(17)21)10-12-9-11-5-2-3-6-13(11)20-12/h2-3,5-6,9-10H,4,7-8H2,1H3. The van der Waals surface area contributed by atoms with Crippen LogP contribution in [0.15, 0.2) is 39.7 Å². The summed E-state index contributed by atoms with van der Waals surface area (Å²) in [6.45, 7) is 1.19. The maximum atomic E-state index is 12.4. The van der Waals surface area contributed by atoms with Gasteiger partial charge in [-0.3, -0.25) is 9.69 Å². The second kappa shape index (κ2) is 6.64. The van der Waals surface area contributed by atoms with E-state index in [-0.39, 0.29) is 5.91 Å². The number of amides is 1. The van der Waals surface area contributed by atoms with Gasteiger partial charge in [-0.05, 0) is 18.6 Å². The van der Waals surface area contributed by atoms with Crippen molar-refractivity contribution in [3.63, 3.8) is 0 Å². The molecule has 1 saturated heterocycles. The van der Waals surface area contributed by atoms with E-state index in [1.165, 1.54) is 11.8 Å². The average Bonchev–Trinajstić information content (AvgIpc) is 3.03. The number of ether oxygens (including phenoxy) is 1. The molecule has 114 valence electrons. The van der Waals surface area contributed by atoms with Crippen LogP contribution in [-0.2, 0) is 9.53 Å². The Morgan fingerprint density at radius 1 is 1.41 bits per heavy atom. The van der Waals surface area contributed by atoms with Gasteiger partial charge in [0.15, 0.2) is 0 Å². The second-order valence-corrected chi connectivity index (χ2v) is 6.54. The summed E-state index contributed by atoms with van der Waals surface area (Å²) in [6, 6.07) is 9.68.